The van der Waals surface area contributed by atoms with Crippen molar-refractivity contribution in [2.45, 2.75) is 45.1 Å². The van der Waals surface area contributed by atoms with Crippen LogP contribution in [0.1, 0.15) is 50.6 Å². The third kappa shape index (κ3) is 3.86. The summed E-state index contributed by atoms with van der Waals surface area (Å²) >= 11 is 0. The predicted molar refractivity (Wildman–Crippen MR) is 88.4 cm³/mol. The van der Waals surface area contributed by atoms with Crippen molar-refractivity contribution < 1.29 is 0 Å². The van der Waals surface area contributed by atoms with E-state index in [1.165, 1.54) is 43.4 Å². The lowest BCUT2D eigenvalue weighted by atomic mass is 9.89. The smallest absolute Gasteiger partial charge is 0.0536 e. The summed E-state index contributed by atoms with van der Waals surface area (Å²) in [4.78, 5) is 2.18. The maximum Gasteiger partial charge on any atom is 0.0536 e. The second kappa shape index (κ2) is 7.49. The van der Waals surface area contributed by atoms with Crippen LogP contribution in [0.25, 0.3) is 0 Å². The normalized spacial score (nSPS) is 16.6. The fourth-order valence-corrected chi connectivity index (χ4v) is 2.86. The lowest BCUT2D eigenvalue weighted by Crippen LogP contribution is -2.25. The van der Waals surface area contributed by atoms with Crippen molar-refractivity contribution in [2.75, 3.05) is 25.5 Å². The molecular weight excluding hydrogens is 244 g/mol. The van der Waals surface area contributed by atoms with Crippen molar-refractivity contribution in [3.63, 3.8) is 0 Å². The van der Waals surface area contributed by atoms with E-state index in [0.29, 0.717) is 6.04 Å². The topological polar surface area (TPSA) is 15.3 Å². The molecule has 0 spiro atoms. The Balaban J connectivity index is 2.25. The number of nitrogens with one attached hydrogen (secondary N) is 1. The lowest BCUT2D eigenvalue weighted by molar-refractivity contribution is 0.547. The lowest BCUT2D eigenvalue weighted by Gasteiger charge is -2.26. The van der Waals surface area contributed by atoms with Gasteiger partial charge < -0.3 is 10.2 Å². The van der Waals surface area contributed by atoms with Gasteiger partial charge in [-0.3, -0.25) is 0 Å². The van der Waals surface area contributed by atoms with Crippen LogP contribution in [0.5, 0.6) is 0 Å². The average molecular weight is 272 g/mol. The van der Waals surface area contributed by atoms with Gasteiger partial charge in [-0.15, -0.1) is 0 Å². The van der Waals surface area contributed by atoms with E-state index in [9.17, 15) is 0 Å². The Bertz CT molecular complexity index is 448. The van der Waals surface area contributed by atoms with Crippen LogP contribution in [0.3, 0.4) is 0 Å². The molecule has 1 aromatic carbocycles. The van der Waals surface area contributed by atoms with Crippen molar-refractivity contribution in [2.24, 2.45) is 0 Å². The minimum absolute atomic E-state index is 0.398. The van der Waals surface area contributed by atoms with Crippen LogP contribution in [-0.4, -0.2) is 20.6 Å². The summed E-state index contributed by atoms with van der Waals surface area (Å²) in [5, 5.41) is 3.73. The molecule has 0 aromatic heterocycles. The van der Waals surface area contributed by atoms with E-state index in [0.717, 1.165) is 6.54 Å². The summed E-state index contributed by atoms with van der Waals surface area (Å²) in [6.07, 6.45) is 8.81. The van der Waals surface area contributed by atoms with Gasteiger partial charge in [0.1, 0.15) is 0 Å². The van der Waals surface area contributed by atoms with E-state index < -0.39 is 0 Å². The van der Waals surface area contributed by atoms with Crippen LogP contribution in [-0.2, 0) is 0 Å². The Morgan fingerprint density at radius 2 is 2.10 bits per heavy atom. The van der Waals surface area contributed by atoms with Gasteiger partial charge in [0.2, 0.25) is 0 Å². The van der Waals surface area contributed by atoms with Gasteiger partial charge in [0, 0.05) is 19.8 Å². The van der Waals surface area contributed by atoms with Crippen molar-refractivity contribution in [3.05, 3.63) is 41.5 Å². The van der Waals surface area contributed by atoms with E-state index >= 15 is 0 Å². The average Bonchev–Trinajstić information content (AvgIpc) is 2.49. The van der Waals surface area contributed by atoms with Crippen LogP contribution in [0.2, 0.25) is 0 Å². The number of hydrogen-bond acceptors (Lipinski definition) is 2. The number of rotatable bonds is 6. The summed E-state index contributed by atoms with van der Waals surface area (Å²) in [6.45, 7) is 3.31. The monoisotopic (exact) mass is 272 g/mol. The summed E-state index contributed by atoms with van der Waals surface area (Å²) in [6, 6.07) is 9.33. The second-order valence-corrected chi connectivity index (χ2v) is 5.90. The maximum absolute atomic E-state index is 3.73. The van der Waals surface area contributed by atoms with Crippen molar-refractivity contribution in [1.29, 1.82) is 0 Å². The molecule has 2 heteroatoms. The molecule has 0 radical (unpaired) electrons. The zero-order valence-corrected chi connectivity index (χ0v) is 13.2. The molecule has 110 valence electrons. The number of hydrogen-bond donors (Lipinski definition) is 1. The molecule has 1 N–H and O–H groups in total. The first-order valence-electron chi connectivity index (χ1n) is 7.92. The van der Waals surface area contributed by atoms with Gasteiger partial charge in [0.05, 0.1) is 6.04 Å². The van der Waals surface area contributed by atoms with Gasteiger partial charge in [-0.05, 0) is 56.3 Å². The highest BCUT2D eigenvalue weighted by molar-refractivity contribution is 5.49. The van der Waals surface area contributed by atoms with E-state index in [4.69, 9.17) is 0 Å². The molecule has 0 aliphatic heterocycles. The van der Waals surface area contributed by atoms with Gasteiger partial charge in [-0.25, -0.2) is 0 Å². The first kappa shape index (κ1) is 15.1. The second-order valence-electron chi connectivity index (χ2n) is 5.90. The molecule has 2 nitrogen and oxygen atoms in total. The zero-order valence-electron chi connectivity index (χ0n) is 13.2. The van der Waals surface area contributed by atoms with Gasteiger partial charge in [0.15, 0.2) is 0 Å². The van der Waals surface area contributed by atoms with E-state index in [1.54, 1.807) is 5.57 Å². The molecule has 1 aromatic rings. The molecule has 1 atom stereocenters. The molecule has 2 rings (SSSR count). The fourth-order valence-electron chi connectivity index (χ4n) is 2.86. The van der Waals surface area contributed by atoms with Crippen LogP contribution in [0, 0.1) is 0 Å². The first-order valence-corrected chi connectivity index (χ1v) is 7.92. The van der Waals surface area contributed by atoms with Crippen LogP contribution in [0.15, 0.2) is 35.9 Å². The Morgan fingerprint density at radius 3 is 2.75 bits per heavy atom. The van der Waals surface area contributed by atoms with Gasteiger partial charge in [-0.1, -0.05) is 30.7 Å². The zero-order chi connectivity index (χ0) is 14.4. The molecule has 0 heterocycles. The number of anilines is 1. The van der Waals surface area contributed by atoms with Crippen molar-refractivity contribution >= 4 is 5.69 Å². The highest BCUT2D eigenvalue weighted by Crippen LogP contribution is 2.31. The molecule has 1 unspecified atom stereocenters. The van der Waals surface area contributed by atoms with Gasteiger partial charge in [0.25, 0.3) is 0 Å². The Kier molecular flexibility index (Phi) is 5.66. The highest BCUT2D eigenvalue weighted by atomic mass is 15.1. The Labute approximate surface area is 123 Å². The predicted octanol–water partition coefficient (Wildman–Crippen LogP) is 4.29. The Morgan fingerprint density at radius 1 is 1.25 bits per heavy atom. The molecule has 0 saturated carbocycles. The number of nitrogens with zero attached hydrogens (tertiary/aromatic N) is 1. The van der Waals surface area contributed by atoms with Gasteiger partial charge >= 0.3 is 0 Å². The summed E-state index contributed by atoms with van der Waals surface area (Å²) in [5.74, 6) is 0. The van der Waals surface area contributed by atoms with Crippen LogP contribution < -0.4 is 10.2 Å². The molecular formula is C18H28N2. The standard InChI is InChI=1S/C18H28N2/c1-4-13-19-18(15-9-6-5-7-10-15)16-11-8-12-17(14-16)20(2)3/h8-9,11-12,14,18-19H,4-7,10,13H2,1-3H3. The quantitative estimate of drug-likeness (QED) is 0.777. The van der Waals surface area contributed by atoms with Crippen LogP contribution in [0.4, 0.5) is 5.69 Å². The molecule has 1 aliphatic rings. The molecule has 0 bridgehead atoms. The third-order valence-corrected chi connectivity index (χ3v) is 4.02. The van der Waals surface area contributed by atoms with E-state index in [1.807, 2.05) is 0 Å². The van der Waals surface area contributed by atoms with Crippen LogP contribution >= 0.6 is 0 Å². The van der Waals surface area contributed by atoms with E-state index in [-0.39, 0.29) is 0 Å². The molecule has 20 heavy (non-hydrogen) atoms. The highest BCUT2D eigenvalue weighted by Gasteiger charge is 2.18. The summed E-state index contributed by atoms with van der Waals surface area (Å²) in [7, 11) is 4.21. The fraction of sp³-hybridized carbons (Fsp3) is 0.556. The van der Waals surface area contributed by atoms with Crippen molar-refractivity contribution in [3.8, 4) is 0 Å². The minimum atomic E-state index is 0.398. The molecule has 1 aliphatic carbocycles. The first-order chi connectivity index (χ1) is 9.72. The molecule has 0 fully saturated rings. The Hall–Kier alpha value is -1.28. The third-order valence-electron chi connectivity index (χ3n) is 4.02. The molecule has 0 amide bonds. The summed E-state index contributed by atoms with van der Waals surface area (Å²) in [5.41, 5.74) is 4.26. The van der Waals surface area contributed by atoms with Gasteiger partial charge in [-0.2, -0.15) is 0 Å². The van der Waals surface area contributed by atoms with E-state index in [2.05, 4.69) is 61.6 Å². The largest absolute Gasteiger partial charge is 0.378 e. The van der Waals surface area contributed by atoms with Crippen molar-refractivity contribution in [1.82, 2.24) is 5.32 Å². The maximum atomic E-state index is 3.73. The number of allylic oxidation sites excluding steroid dienone is 1. The minimum Gasteiger partial charge on any atom is -0.378 e. The SMILES string of the molecule is CCCNC(C1=CCCCC1)c1cccc(N(C)C)c1. The summed E-state index contributed by atoms with van der Waals surface area (Å²) < 4.78 is 0. The molecule has 0 saturated heterocycles. The number of benzene rings is 1.